The molecule has 0 spiro atoms. The van der Waals surface area contributed by atoms with Crippen molar-refractivity contribution in [2.45, 2.75) is 63.6 Å². The lowest BCUT2D eigenvalue weighted by atomic mass is 9.85. The van der Waals surface area contributed by atoms with Crippen LogP contribution in [0.15, 0.2) is 54.9 Å². The highest BCUT2D eigenvalue weighted by Crippen LogP contribution is 2.44. The van der Waals surface area contributed by atoms with Gasteiger partial charge in [-0.1, -0.05) is 36.4 Å². The molecule has 3 N–H and O–H groups in total. The number of benzene rings is 1. The fourth-order valence-corrected chi connectivity index (χ4v) is 6.20. The predicted octanol–water partition coefficient (Wildman–Crippen LogP) is 3.86. The van der Waals surface area contributed by atoms with E-state index in [1.807, 2.05) is 47.4 Å². The van der Waals surface area contributed by atoms with Crippen molar-refractivity contribution in [3.63, 3.8) is 0 Å². The molecular formula is C29H30N6O3. The van der Waals surface area contributed by atoms with Gasteiger partial charge in [0.05, 0.1) is 23.1 Å². The summed E-state index contributed by atoms with van der Waals surface area (Å²) in [5.74, 6) is -0.145. The molecule has 5 heterocycles. The Morgan fingerprint density at radius 3 is 2.34 bits per heavy atom. The van der Waals surface area contributed by atoms with Crippen LogP contribution in [0.25, 0.3) is 28.0 Å². The number of rotatable bonds is 5. The molecule has 4 aromatic rings. The van der Waals surface area contributed by atoms with Gasteiger partial charge in [-0.25, -0.2) is 4.98 Å². The predicted molar refractivity (Wildman–Crippen MR) is 143 cm³/mol. The maximum atomic E-state index is 12.8. The summed E-state index contributed by atoms with van der Waals surface area (Å²) in [5, 5.41) is 14.4. The van der Waals surface area contributed by atoms with Crippen LogP contribution in [-0.2, 0) is 4.79 Å². The van der Waals surface area contributed by atoms with E-state index in [1.54, 1.807) is 12.4 Å². The second-order valence-electron chi connectivity index (χ2n) is 10.4. The molecule has 2 aliphatic rings. The Labute approximate surface area is 220 Å². The van der Waals surface area contributed by atoms with Crippen molar-refractivity contribution in [1.82, 2.24) is 24.5 Å². The first-order valence-electron chi connectivity index (χ1n) is 13.0. The van der Waals surface area contributed by atoms with E-state index in [0.717, 1.165) is 35.2 Å². The number of nitrogens with two attached hydrogens (primary N) is 1. The molecule has 194 valence electrons. The summed E-state index contributed by atoms with van der Waals surface area (Å²) in [6.45, 7) is 3.01. The average molecular weight is 511 g/mol. The van der Waals surface area contributed by atoms with Gasteiger partial charge in [-0.15, -0.1) is 0 Å². The standard InChI is InChI=1S/C29H30N6O3/c1-16(36)25-26(20-12-21-9-10-22(13-20)34(21)29(38)17(2)37)33-28-23(15-32-35(28)27(25)30)19-8-11-24(31-14-19)18-6-4-3-5-7-18/h3-8,11,14-15,17,20-22,37H,9-10,12-13,30H2,1-2H3. The van der Waals surface area contributed by atoms with Crippen molar-refractivity contribution >= 4 is 23.2 Å². The Kier molecular flexibility index (Phi) is 5.95. The van der Waals surface area contributed by atoms with Crippen molar-refractivity contribution in [2.75, 3.05) is 5.73 Å². The van der Waals surface area contributed by atoms with Crippen LogP contribution in [0.1, 0.15) is 61.5 Å². The minimum absolute atomic E-state index is 0.0130. The van der Waals surface area contributed by atoms with Crippen molar-refractivity contribution in [2.24, 2.45) is 0 Å². The number of hydrogen-bond donors (Lipinski definition) is 2. The molecule has 0 aliphatic carbocycles. The monoisotopic (exact) mass is 510 g/mol. The van der Waals surface area contributed by atoms with Crippen LogP contribution in [0.5, 0.6) is 0 Å². The van der Waals surface area contributed by atoms with Crippen LogP contribution in [0, 0.1) is 0 Å². The second-order valence-corrected chi connectivity index (χ2v) is 10.4. The molecule has 3 atom stereocenters. The minimum Gasteiger partial charge on any atom is -0.384 e. The van der Waals surface area contributed by atoms with E-state index in [1.165, 1.54) is 18.4 Å². The summed E-state index contributed by atoms with van der Waals surface area (Å²) in [6, 6.07) is 13.9. The minimum atomic E-state index is -1.02. The number of pyridine rings is 1. The molecule has 6 rings (SSSR count). The number of amides is 1. The molecule has 1 aromatic carbocycles. The number of nitrogen functional groups attached to an aromatic ring is 1. The van der Waals surface area contributed by atoms with E-state index in [9.17, 15) is 14.7 Å². The highest BCUT2D eigenvalue weighted by Gasteiger charge is 2.45. The molecule has 9 nitrogen and oxygen atoms in total. The summed E-state index contributed by atoms with van der Waals surface area (Å²) in [4.78, 5) is 37.0. The number of ketones is 1. The fourth-order valence-electron chi connectivity index (χ4n) is 6.20. The van der Waals surface area contributed by atoms with E-state index in [0.29, 0.717) is 29.7 Å². The number of anilines is 1. The topological polar surface area (TPSA) is 127 Å². The van der Waals surface area contributed by atoms with Crippen molar-refractivity contribution < 1.29 is 14.7 Å². The summed E-state index contributed by atoms with van der Waals surface area (Å²) in [5.41, 5.74) is 11.7. The van der Waals surface area contributed by atoms with Crippen molar-refractivity contribution in [3.05, 3.63) is 66.1 Å². The Balaban J connectivity index is 1.40. The zero-order valence-corrected chi connectivity index (χ0v) is 21.4. The highest BCUT2D eigenvalue weighted by atomic mass is 16.3. The average Bonchev–Trinajstić information content (AvgIpc) is 3.46. The maximum Gasteiger partial charge on any atom is 0.251 e. The van der Waals surface area contributed by atoms with Gasteiger partial charge in [-0.3, -0.25) is 14.6 Å². The van der Waals surface area contributed by atoms with E-state index in [-0.39, 0.29) is 35.5 Å². The van der Waals surface area contributed by atoms with Crippen LogP contribution in [0.3, 0.4) is 0 Å². The van der Waals surface area contributed by atoms with Gasteiger partial charge in [0.1, 0.15) is 11.9 Å². The van der Waals surface area contributed by atoms with Gasteiger partial charge in [-0.2, -0.15) is 9.61 Å². The highest BCUT2D eigenvalue weighted by molar-refractivity contribution is 6.00. The van der Waals surface area contributed by atoms with Crippen LogP contribution in [0.4, 0.5) is 5.82 Å². The molecule has 9 heteroatoms. The molecule has 0 saturated carbocycles. The first-order valence-corrected chi connectivity index (χ1v) is 13.0. The first kappa shape index (κ1) is 24.2. The zero-order valence-electron chi connectivity index (χ0n) is 21.4. The quantitative estimate of drug-likeness (QED) is 0.390. The summed E-state index contributed by atoms with van der Waals surface area (Å²) < 4.78 is 1.53. The Morgan fingerprint density at radius 1 is 1.03 bits per heavy atom. The number of nitrogens with zero attached hydrogens (tertiary/aromatic N) is 5. The van der Waals surface area contributed by atoms with E-state index >= 15 is 0 Å². The molecule has 38 heavy (non-hydrogen) atoms. The number of hydrogen-bond acceptors (Lipinski definition) is 7. The number of piperidine rings is 1. The lowest BCUT2D eigenvalue weighted by Crippen LogP contribution is -2.49. The molecule has 1 amide bonds. The Morgan fingerprint density at radius 2 is 1.74 bits per heavy atom. The molecule has 3 aromatic heterocycles. The van der Waals surface area contributed by atoms with Gasteiger partial charge in [0, 0.05) is 40.9 Å². The van der Waals surface area contributed by atoms with Crippen LogP contribution in [0.2, 0.25) is 0 Å². The van der Waals surface area contributed by atoms with Crippen molar-refractivity contribution in [1.29, 1.82) is 0 Å². The number of aliphatic hydroxyl groups is 1. The summed E-state index contributed by atoms with van der Waals surface area (Å²) in [7, 11) is 0. The molecule has 2 fully saturated rings. The summed E-state index contributed by atoms with van der Waals surface area (Å²) >= 11 is 0. The third-order valence-electron chi connectivity index (χ3n) is 7.94. The van der Waals surface area contributed by atoms with Crippen LogP contribution < -0.4 is 5.73 Å². The zero-order chi connectivity index (χ0) is 26.6. The maximum absolute atomic E-state index is 12.8. The van der Waals surface area contributed by atoms with E-state index < -0.39 is 6.10 Å². The lowest BCUT2D eigenvalue weighted by molar-refractivity contribution is -0.144. The van der Waals surface area contributed by atoms with Gasteiger partial charge in [0.25, 0.3) is 5.91 Å². The SMILES string of the molecule is CC(=O)c1c(C2CC3CCC(C2)N3C(=O)C(C)O)nc2c(-c3ccc(-c4ccccc4)nc3)cnn2c1N. The number of fused-ring (bicyclic) bond motifs is 3. The Bertz CT molecular complexity index is 1520. The van der Waals surface area contributed by atoms with Crippen LogP contribution >= 0.6 is 0 Å². The molecule has 0 radical (unpaired) electrons. The van der Waals surface area contributed by atoms with Gasteiger partial charge >= 0.3 is 0 Å². The van der Waals surface area contributed by atoms with Gasteiger partial charge in [0.15, 0.2) is 11.4 Å². The van der Waals surface area contributed by atoms with Crippen LogP contribution in [-0.4, -0.2) is 59.5 Å². The summed E-state index contributed by atoms with van der Waals surface area (Å²) in [6.07, 6.45) is 5.59. The molecular weight excluding hydrogens is 480 g/mol. The number of Topliss-reactive ketones (excluding diaryl/α,β-unsaturated/α-hetero) is 1. The van der Waals surface area contributed by atoms with E-state index in [4.69, 9.17) is 10.7 Å². The van der Waals surface area contributed by atoms with Gasteiger partial charge in [0.2, 0.25) is 0 Å². The smallest absolute Gasteiger partial charge is 0.251 e. The number of aliphatic hydroxyl groups excluding tert-OH is 1. The number of carbonyl (C=O) groups is 2. The lowest BCUT2D eigenvalue weighted by Gasteiger charge is -2.39. The third kappa shape index (κ3) is 3.94. The number of carbonyl (C=O) groups excluding carboxylic acids is 2. The molecule has 2 aliphatic heterocycles. The number of aromatic nitrogens is 4. The third-order valence-corrected chi connectivity index (χ3v) is 7.94. The van der Waals surface area contributed by atoms with Gasteiger partial charge < -0.3 is 15.7 Å². The normalized spacial score (nSPS) is 21.6. The van der Waals surface area contributed by atoms with Crippen molar-refractivity contribution in [3.8, 4) is 22.4 Å². The molecule has 2 saturated heterocycles. The largest absolute Gasteiger partial charge is 0.384 e. The molecule has 3 unspecified atom stereocenters. The Hall–Kier alpha value is -4.11. The fraction of sp³-hybridized carbons (Fsp3) is 0.345. The van der Waals surface area contributed by atoms with E-state index in [2.05, 4.69) is 10.1 Å². The second kappa shape index (κ2) is 9.33. The first-order chi connectivity index (χ1) is 18.3. The molecule has 2 bridgehead atoms. The van der Waals surface area contributed by atoms with Gasteiger partial charge in [-0.05, 0) is 45.6 Å².